The van der Waals surface area contributed by atoms with Gasteiger partial charge in [-0.05, 0) is 80.6 Å². The predicted octanol–water partition coefficient (Wildman–Crippen LogP) is 4.77. The third kappa shape index (κ3) is 6.17. The van der Waals surface area contributed by atoms with Gasteiger partial charge in [-0.2, -0.15) is 15.2 Å². The molecule has 2 fully saturated rings. The second-order valence-electron chi connectivity index (χ2n) is 11.5. The zero-order valence-electron chi connectivity index (χ0n) is 24.2. The quantitative estimate of drug-likeness (QED) is 0.420. The van der Waals surface area contributed by atoms with E-state index in [9.17, 15) is 5.26 Å². The van der Waals surface area contributed by atoms with Gasteiger partial charge in [0.15, 0.2) is 0 Å². The number of anilines is 1. The zero-order chi connectivity index (χ0) is 28.2. The van der Waals surface area contributed by atoms with Crippen molar-refractivity contribution in [3.8, 4) is 17.8 Å². The van der Waals surface area contributed by atoms with Crippen LogP contribution in [0.4, 0.5) is 5.82 Å². The van der Waals surface area contributed by atoms with Crippen molar-refractivity contribution < 1.29 is 9.47 Å². The summed E-state index contributed by atoms with van der Waals surface area (Å²) in [4.78, 5) is 14.7. The van der Waals surface area contributed by atoms with Gasteiger partial charge in [0.05, 0.1) is 25.3 Å². The number of rotatable bonds is 7. The van der Waals surface area contributed by atoms with Crippen molar-refractivity contribution in [2.75, 3.05) is 51.8 Å². The number of piperazine rings is 1. The number of methoxy groups -OCH3 is 1. The van der Waals surface area contributed by atoms with E-state index in [0.29, 0.717) is 25.1 Å². The minimum absolute atomic E-state index is 0.137. The third-order valence-corrected chi connectivity index (χ3v) is 8.86. The second-order valence-corrected chi connectivity index (χ2v) is 11.5. The van der Waals surface area contributed by atoms with Crippen molar-refractivity contribution in [2.45, 2.75) is 57.0 Å². The van der Waals surface area contributed by atoms with Crippen LogP contribution in [0.2, 0.25) is 0 Å². The molecule has 1 aliphatic carbocycles. The molecule has 2 aliphatic heterocycles. The van der Waals surface area contributed by atoms with Crippen molar-refractivity contribution in [2.24, 2.45) is 0 Å². The smallest absolute Gasteiger partial charge is 0.318 e. The van der Waals surface area contributed by atoms with E-state index < -0.39 is 0 Å². The summed E-state index contributed by atoms with van der Waals surface area (Å²) in [6, 6.07) is 16.1. The molecule has 41 heavy (non-hydrogen) atoms. The molecule has 0 saturated carbocycles. The Bertz CT molecular complexity index is 1460. The number of nitriles is 1. The van der Waals surface area contributed by atoms with Crippen molar-refractivity contribution in [1.29, 1.82) is 5.26 Å². The van der Waals surface area contributed by atoms with E-state index in [1.54, 1.807) is 7.11 Å². The Kier molecular flexibility index (Phi) is 8.36. The number of aromatic nitrogens is 2. The van der Waals surface area contributed by atoms with E-state index in [1.807, 2.05) is 0 Å². The first-order valence-electron chi connectivity index (χ1n) is 15.0. The van der Waals surface area contributed by atoms with Crippen LogP contribution in [0.25, 0.3) is 16.8 Å². The van der Waals surface area contributed by atoms with Crippen LogP contribution in [-0.4, -0.2) is 73.9 Å². The Morgan fingerprint density at radius 3 is 2.83 bits per heavy atom. The molecule has 0 radical (unpaired) electrons. The minimum atomic E-state index is 0.137. The van der Waals surface area contributed by atoms with E-state index in [1.165, 1.54) is 33.9 Å². The van der Waals surface area contributed by atoms with Gasteiger partial charge in [0.1, 0.15) is 18.2 Å². The van der Waals surface area contributed by atoms with Gasteiger partial charge in [-0.1, -0.05) is 35.9 Å². The first-order valence-corrected chi connectivity index (χ1v) is 15.0. The highest BCUT2D eigenvalue weighted by Gasteiger charge is 2.28. The average molecular weight is 553 g/mol. The van der Waals surface area contributed by atoms with Gasteiger partial charge < -0.3 is 24.6 Å². The lowest BCUT2D eigenvalue weighted by molar-refractivity contribution is 0.187. The summed E-state index contributed by atoms with van der Waals surface area (Å²) in [6.07, 6.45) is 8.83. The molecule has 0 unspecified atom stereocenters. The fraction of sp³-hybridized carbons (Fsp3) is 0.485. The molecule has 2 atom stereocenters. The number of hydrogen-bond acceptors (Lipinski definition) is 8. The molecule has 3 heterocycles. The number of likely N-dealkylation sites (tertiary alicyclic amines) is 1. The minimum Gasteiger partial charge on any atom is -0.497 e. The van der Waals surface area contributed by atoms with Gasteiger partial charge in [-0.25, -0.2) is 0 Å². The van der Waals surface area contributed by atoms with Crippen LogP contribution in [0.15, 0.2) is 42.0 Å². The first kappa shape index (κ1) is 27.5. The second kappa shape index (κ2) is 12.5. The largest absolute Gasteiger partial charge is 0.497 e. The number of fused-ring (bicyclic) bond motifs is 2. The van der Waals surface area contributed by atoms with Gasteiger partial charge in [0.2, 0.25) is 0 Å². The first-order chi connectivity index (χ1) is 20.1. The summed E-state index contributed by atoms with van der Waals surface area (Å²) in [7, 11) is 3.89. The Morgan fingerprint density at radius 2 is 2.00 bits per heavy atom. The van der Waals surface area contributed by atoms with Gasteiger partial charge in [0.25, 0.3) is 0 Å². The van der Waals surface area contributed by atoms with Gasteiger partial charge in [-0.15, -0.1) is 0 Å². The number of likely N-dealkylation sites (N-methyl/N-ethyl adjacent to an activating group) is 1. The molecule has 2 saturated heterocycles. The molecule has 6 rings (SSSR count). The van der Waals surface area contributed by atoms with Crippen molar-refractivity contribution >= 4 is 22.7 Å². The number of nitrogens with zero attached hydrogens (tertiary/aromatic N) is 5. The summed E-state index contributed by atoms with van der Waals surface area (Å²) >= 11 is 0. The highest BCUT2D eigenvalue weighted by atomic mass is 16.5. The Labute approximate surface area is 243 Å². The number of aryl methyl sites for hydroxylation is 1. The lowest BCUT2D eigenvalue weighted by Gasteiger charge is -2.35. The Morgan fingerprint density at radius 1 is 1.12 bits per heavy atom. The number of allylic oxidation sites excluding steroid dienone is 1. The Balaban J connectivity index is 1.30. The van der Waals surface area contributed by atoms with E-state index in [2.05, 4.69) is 70.7 Å². The molecule has 0 spiro atoms. The fourth-order valence-corrected chi connectivity index (χ4v) is 6.51. The van der Waals surface area contributed by atoms with Crippen molar-refractivity contribution in [1.82, 2.24) is 20.2 Å². The Hall–Kier alpha value is -3.67. The number of hydrogen-bond donors (Lipinski definition) is 1. The molecule has 2 aromatic carbocycles. The van der Waals surface area contributed by atoms with Crippen molar-refractivity contribution in [3.05, 3.63) is 58.8 Å². The number of benzene rings is 2. The fourth-order valence-electron chi connectivity index (χ4n) is 6.51. The van der Waals surface area contributed by atoms with Gasteiger partial charge >= 0.3 is 6.01 Å². The topological polar surface area (TPSA) is 86.5 Å². The molecular weight excluding hydrogens is 512 g/mol. The van der Waals surface area contributed by atoms with E-state index in [-0.39, 0.29) is 6.04 Å². The van der Waals surface area contributed by atoms with Crippen molar-refractivity contribution in [3.63, 3.8) is 0 Å². The van der Waals surface area contributed by atoms with E-state index >= 15 is 0 Å². The molecule has 0 bridgehead atoms. The van der Waals surface area contributed by atoms with Gasteiger partial charge in [0, 0.05) is 37.3 Å². The summed E-state index contributed by atoms with van der Waals surface area (Å²) in [6.45, 7) is 4.18. The lowest BCUT2D eigenvalue weighted by atomic mass is 9.98. The standard InChI is InChI=1S/C33H40N6O2/c1-38-16-5-7-27(38)22-41-33-36-31-12-10-23(18-25-20-28(40-2)19-24-6-3-4-8-29(24)25)9-11-30(31)32(37-33)39-17-15-35-26(21-39)13-14-34/h3-4,6,8,18-20,26-27,35H,5,7,9-13,15-17,21-22H2,1-2H3/b23-18+/t26-,27-/m0/s1. The molecule has 3 aromatic rings. The lowest BCUT2D eigenvalue weighted by Crippen LogP contribution is -2.51. The highest BCUT2D eigenvalue weighted by Crippen LogP contribution is 2.34. The molecule has 1 N–H and O–H groups in total. The summed E-state index contributed by atoms with van der Waals surface area (Å²) in [5.41, 5.74) is 4.93. The molecule has 8 heteroatoms. The molecule has 3 aliphatic rings. The van der Waals surface area contributed by atoms with E-state index in [4.69, 9.17) is 19.4 Å². The van der Waals surface area contributed by atoms with Crippen LogP contribution in [0, 0.1) is 11.3 Å². The third-order valence-electron chi connectivity index (χ3n) is 8.86. The monoisotopic (exact) mass is 552 g/mol. The summed E-state index contributed by atoms with van der Waals surface area (Å²) in [5.74, 6) is 1.86. The average Bonchev–Trinajstić information content (AvgIpc) is 3.30. The molecule has 1 aromatic heterocycles. The normalized spacial score (nSPS) is 22.4. The van der Waals surface area contributed by atoms with Crippen LogP contribution in [-0.2, 0) is 12.8 Å². The zero-order valence-corrected chi connectivity index (χ0v) is 24.2. The SMILES string of the molecule is COc1cc(/C=C2/CCc3nc(OC[C@@H]4CCCN4C)nc(N4CCN[C@@H](CC#N)C4)c3CC2)c2ccccc2c1. The summed E-state index contributed by atoms with van der Waals surface area (Å²) < 4.78 is 11.9. The van der Waals surface area contributed by atoms with Crippen LogP contribution < -0.4 is 19.7 Å². The molecular formula is C33H40N6O2. The maximum absolute atomic E-state index is 9.32. The van der Waals surface area contributed by atoms with Crippen LogP contribution in [0.5, 0.6) is 11.8 Å². The molecule has 8 nitrogen and oxygen atoms in total. The molecule has 0 amide bonds. The van der Waals surface area contributed by atoms with E-state index in [0.717, 1.165) is 75.5 Å². The maximum atomic E-state index is 9.32. The molecule has 214 valence electrons. The maximum Gasteiger partial charge on any atom is 0.318 e. The number of nitrogens with one attached hydrogen (secondary N) is 1. The predicted molar refractivity (Wildman–Crippen MR) is 163 cm³/mol. The summed E-state index contributed by atoms with van der Waals surface area (Å²) in [5, 5.41) is 15.2. The number of ether oxygens (including phenoxy) is 2. The van der Waals surface area contributed by atoms with Crippen LogP contribution in [0.3, 0.4) is 0 Å². The van der Waals surface area contributed by atoms with Gasteiger partial charge in [-0.3, -0.25) is 0 Å². The van der Waals surface area contributed by atoms with Crippen LogP contribution >= 0.6 is 0 Å². The van der Waals surface area contributed by atoms with Crippen LogP contribution in [0.1, 0.15) is 48.9 Å². The highest BCUT2D eigenvalue weighted by molar-refractivity contribution is 5.92.